The Morgan fingerprint density at radius 2 is 2.00 bits per heavy atom. The van der Waals surface area contributed by atoms with Crippen molar-refractivity contribution in [3.05, 3.63) is 63.7 Å². The summed E-state index contributed by atoms with van der Waals surface area (Å²) in [6.45, 7) is 2.09. The first-order chi connectivity index (χ1) is 13.6. The zero-order valence-electron chi connectivity index (χ0n) is 16.0. The van der Waals surface area contributed by atoms with Gasteiger partial charge in [0.25, 0.3) is 0 Å². The molecule has 2 aromatic rings. The third-order valence-corrected chi connectivity index (χ3v) is 6.72. The van der Waals surface area contributed by atoms with E-state index in [-0.39, 0.29) is 35.3 Å². The van der Waals surface area contributed by atoms with Gasteiger partial charge in [0.05, 0.1) is 16.8 Å². The molecule has 3 rings (SSSR count). The third kappa shape index (κ3) is 4.53. The minimum atomic E-state index is -3.36. The van der Waals surface area contributed by atoms with Crippen molar-refractivity contribution in [1.29, 1.82) is 5.26 Å². The van der Waals surface area contributed by atoms with Crippen molar-refractivity contribution >= 4 is 27.3 Å². The molecule has 5 nitrogen and oxygen atoms in total. The van der Waals surface area contributed by atoms with Gasteiger partial charge in [-0.1, -0.05) is 23.7 Å². The van der Waals surface area contributed by atoms with Crippen LogP contribution in [0.15, 0.2) is 30.3 Å². The molecular weight excluding hydrogens is 420 g/mol. The van der Waals surface area contributed by atoms with Gasteiger partial charge in [-0.25, -0.2) is 21.5 Å². The molecular formula is C20H20ClF2N3O2S. The van der Waals surface area contributed by atoms with E-state index in [0.29, 0.717) is 24.2 Å². The lowest BCUT2D eigenvalue weighted by Crippen LogP contribution is -2.38. The minimum absolute atomic E-state index is 0.0352. The second-order valence-corrected chi connectivity index (χ2v) is 9.53. The van der Waals surface area contributed by atoms with E-state index >= 15 is 0 Å². The Morgan fingerprint density at radius 3 is 2.59 bits per heavy atom. The first-order valence-electron chi connectivity index (χ1n) is 8.96. The van der Waals surface area contributed by atoms with Gasteiger partial charge in [-0.15, -0.1) is 0 Å². The fraction of sp³-hybridized carbons (Fsp3) is 0.350. The number of benzene rings is 2. The van der Waals surface area contributed by atoms with E-state index in [1.807, 2.05) is 11.0 Å². The molecule has 9 heteroatoms. The zero-order valence-corrected chi connectivity index (χ0v) is 17.6. The van der Waals surface area contributed by atoms with Crippen LogP contribution < -0.4 is 4.90 Å². The summed E-state index contributed by atoms with van der Waals surface area (Å²) in [7, 11) is -3.36. The molecule has 0 amide bonds. The molecule has 29 heavy (non-hydrogen) atoms. The molecule has 0 spiro atoms. The van der Waals surface area contributed by atoms with Gasteiger partial charge < -0.3 is 4.90 Å². The molecule has 1 unspecified atom stereocenters. The average Bonchev–Trinajstić information content (AvgIpc) is 3.16. The van der Waals surface area contributed by atoms with Gasteiger partial charge in [0.2, 0.25) is 10.0 Å². The summed E-state index contributed by atoms with van der Waals surface area (Å²) in [6, 6.07) is 9.58. The third-order valence-electron chi connectivity index (χ3n) is 5.14. The molecule has 0 aliphatic carbocycles. The Bertz CT molecular complexity index is 1090. The van der Waals surface area contributed by atoms with E-state index in [1.165, 1.54) is 23.4 Å². The number of nitriles is 1. The Hall–Kier alpha value is -2.21. The van der Waals surface area contributed by atoms with Gasteiger partial charge >= 0.3 is 0 Å². The van der Waals surface area contributed by atoms with Crippen LogP contribution in [0.4, 0.5) is 14.5 Å². The summed E-state index contributed by atoms with van der Waals surface area (Å²) in [5.74, 6) is -1.82. The van der Waals surface area contributed by atoms with Crippen LogP contribution in [0, 0.1) is 29.9 Å². The van der Waals surface area contributed by atoms with Crippen LogP contribution in [0.1, 0.15) is 23.1 Å². The van der Waals surface area contributed by atoms with Crippen molar-refractivity contribution in [2.75, 3.05) is 24.2 Å². The van der Waals surface area contributed by atoms with Crippen LogP contribution in [-0.2, 0) is 16.6 Å². The topological polar surface area (TPSA) is 64.4 Å². The number of aryl methyl sites for hydroxylation is 1. The summed E-state index contributed by atoms with van der Waals surface area (Å²) in [4.78, 5) is 1.81. The molecule has 0 radical (unpaired) electrons. The maximum Gasteiger partial charge on any atom is 0.211 e. The van der Waals surface area contributed by atoms with Gasteiger partial charge in [-0.05, 0) is 37.1 Å². The van der Waals surface area contributed by atoms with Crippen molar-refractivity contribution in [2.24, 2.45) is 0 Å². The summed E-state index contributed by atoms with van der Waals surface area (Å²) in [5.41, 5.74) is 1.27. The van der Waals surface area contributed by atoms with E-state index in [9.17, 15) is 17.2 Å². The number of sulfonamides is 1. The molecule has 154 valence electrons. The van der Waals surface area contributed by atoms with Crippen molar-refractivity contribution < 1.29 is 17.2 Å². The van der Waals surface area contributed by atoms with Gasteiger partial charge in [0, 0.05) is 36.9 Å². The summed E-state index contributed by atoms with van der Waals surface area (Å²) in [5, 5.41) is 9.34. The first-order valence-corrected chi connectivity index (χ1v) is 11.2. The highest BCUT2D eigenvalue weighted by atomic mass is 35.5. The van der Waals surface area contributed by atoms with Crippen molar-refractivity contribution in [3.8, 4) is 6.07 Å². The minimum Gasteiger partial charge on any atom is -0.363 e. The number of hydrogen-bond acceptors (Lipinski definition) is 4. The lowest BCUT2D eigenvalue weighted by Gasteiger charge is -2.32. The van der Waals surface area contributed by atoms with E-state index in [0.717, 1.165) is 6.26 Å². The molecule has 0 N–H and O–H groups in total. The highest BCUT2D eigenvalue weighted by Gasteiger charge is 2.33. The van der Waals surface area contributed by atoms with Crippen LogP contribution in [0.3, 0.4) is 0 Å². The average molecular weight is 440 g/mol. The predicted molar refractivity (Wildman–Crippen MR) is 108 cm³/mol. The Balaban J connectivity index is 2.00. The summed E-state index contributed by atoms with van der Waals surface area (Å²) in [6.07, 6.45) is 1.67. The Labute approximate surface area is 174 Å². The van der Waals surface area contributed by atoms with Gasteiger partial charge in [-0.3, -0.25) is 0 Å². The molecule has 0 aromatic heterocycles. The van der Waals surface area contributed by atoms with Gasteiger partial charge in [0.15, 0.2) is 11.6 Å². The van der Waals surface area contributed by atoms with Crippen LogP contribution in [0.2, 0.25) is 5.02 Å². The largest absolute Gasteiger partial charge is 0.363 e. The monoisotopic (exact) mass is 439 g/mol. The summed E-state index contributed by atoms with van der Waals surface area (Å²) >= 11 is 6.17. The maximum absolute atomic E-state index is 14.5. The number of halogens is 3. The quantitative estimate of drug-likeness (QED) is 0.710. The van der Waals surface area contributed by atoms with Crippen LogP contribution in [0.25, 0.3) is 0 Å². The molecule has 1 saturated heterocycles. The highest BCUT2D eigenvalue weighted by Crippen LogP contribution is 2.30. The number of nitrogens with zero attached hydrogens (tertiary/aromatic N) is 3. The van der Waals surface area contributed by atoms with E-state index in [2.05, 4.69) is 0 Å². The predicted octanol–water partition coefficient (Wildman–Crippen LogP) is 3.84. The lowest BCUT2D eigenvalue weighted by molar-refractivity contribution is 0.469. The van der Waals surface area contributed by atoms with Crippen LogP contribution in [0.5, 0.6) is 0 Å². The molecule has 1 aliphatic heterocycles. The van der Waals surface area contributed by atoms with Crippen LogP contribution >= 0.6 is 11.6 Å². The fourth-order valence-corrected chi connectivity index (χ4v) is 4.56. The Morgan fingerprint density at radius 1 is 1.28 bits per heavy atom. The molecule has 0 bridgehead atoms. The van der Waals surface area contributed by atoms with Crippen molar-refractivity contribution in [3.63, 3.8) is 0 Å². The number of rotatable bonds is 5. The molecule has 1 heterocycles. The second kappa shape index (κ2) is 8.27. The zero-order chi connectivity index (χ0) is 21.3. The van der Waals surface area contributed by atoms with Crippen molar-refractivity contribution in [2.45, 2.75) is 25.9 Å². The SMILES string of the molecule is Cc1ccc(CN(c2ccc(C#N)c(Cl)c2)C2CCN(S(C)(=O)=O)C2)c(F)c1F. The van der Waals surface area contributed by atoms with Gasteiger partial charge in [0.1, 0.15) is 6.07 Å². The molecule has 0 saturated carbocycles. The molecule has 2 aromatic carbocycles. The summed E-state index contributed by atoms with van der Waals surface area (Å²) < 4.78 is 53.8. The number of anilines is 1. The number of hydrogen-bond donors (Lipinski definition) is 0. The smallest absolute Gasteiger partial charge is 0.211 e. The standard InChI is InChI=1S/C20H20ClF2N3O2S/c1-13-3-4-15(20(23)19(13)22)11-26(16-6-5-14(10-24)18(21)9-16)17-7-8-25(12-17)29(2,27)28/h3-6,9,17H,7-8,11-12H2,1-2H3. The van der Waals surface area contributed by atoms with Crippen molar-refractivity contribution in [1.82, 2.24) is 4.31 Å². The first kappa shape index (κ1) is 21.5. The molecule has 1 atom stereocenters. The Kier molecular flexibility index (Phi) is 6.13. The van der Waals surface area contributed by atoms with E-state index in [4.69, 9.17) is 16.9 Å². The normalized spacial score (nSPS) is 17.3. The second-order valence-electron chi connectivity index (χ2n) is 7.14. The lowest BCUT2D eigenvalue weighted by atomic mass is 10.1. The van der Waals surface area contributed by atoms with Gasteiger partial charge in [-0.2, -0.15) is 5.26 Å². The maximum atomic E-state index is 14.5. The van der Waals surface area contributed by atoms with E-state index in [1.54, 1.807) is 18.2 Å². The van der Waals surface area contributed by atoms with Crippen LogP contribution in [-0.4, -0.2) is 38.1 Å². The van der Waals surface area contributed by atoms with E-state index < -0.39 is 21.7 Å². The molecule has 1 aliphatic rings. The molecule has 1 fully saturated rings. The highest BCUT2D eigenvalue weighted by molar-refractivity contribution is 7.88. The fourth-order valence-electron chi connectivity index (χ4n) is 3.46.